The maximum atomic E-state index is 10.0. The second kappa shape index (κ2) is 5.49. The highest BCUT2D eigenvalue weighted by atomic mass is 16.3. The fourth-order valence-corrected chi connectivity index (χ4v) is 2.85. The summed E-state index contributed by atoms with van der Waals surface area (Å²) in [6.45, 7) is 2.27. The van der Waals surface area contributed by atoms with Gasteiger partial charge in [-0.05, 0) is 43.1 Å². The second-order valence-corrected chi connectivity index (χ2v) is 5.10. The van der Waals surface area contributed by atoms with Crippen molar-refractivity contribution in [1.29, 1.82) is 0 Å². The van der Waals surface area contributed by atoms with Crippen LogP contribution in [0, 0.1) is 11.8 Å². The van der Waals surface area contributed by atoms with Crippen LogP contribution in [-0.2, 0) is 6.42 Å². The van der Waals surface area contributed by atoms with Crippen molar-refractivity contribution in [2.24, 2.45) is 11.8 Å². The molecule has 0 amide bonds. The first-order valence-electron chi connectivity index (χ1n) is 6.51. The molecule has 1 nitrogen and oxygen atoms in total. The maximum Gasteiger partial charge on any atom is 0.0571 e. The normalized spacial score (nSPS) is 30.2. The summed E-state index contributed by atoms with van der Waals surface area (Å²) in [7, 11) is 0. The van der Waals surface area contributed by atoms with Gasteiger partial charge < -0.3 is 5.11 Å². The van der Waals surface area contributed by atoms with E-state index in [4.69, 9.17) is 0 Å². The van der Waals surface area contributed by atoms with Crippen molar-refractivity contribution in [1.82, 2.24) is 0 Å². The van der Waals surface area contributed by atoms with Crippen LogP contribution in [0.2, 0.25) is 0 Å². The molecular weight excluding hydrogens is 196 g/mol. The van der Waals surface area contributed by atoms with Crippen LogP contribution in [0.1, 0.15) is 38.2 Å². The van der Waals surface area contributed by atoms with E-state index in [-0.39, 0.29) is 6.10 Å². The molecule has 0 saturated heterocycles. The minimum atomic E-state index is -0.0805. The van der Waals surface area contributed by atoms with E-state index in [9.17, 15) is 5.11 Å². The lowest BCUT2D eigenvalue weighted by Gasteiger charge is -2.33. The smallest absolute Gasteiger partial charge is 0.0571 e. The molecular formula is C15H22O. The molecule has 1 fully saturated rings. The Balaban J connectivity index is 1.97. The number of aliphatic hydroxyl groups is 1. The molecule has 0 spiro atoms. The molecule has 1 aliphatic carbocycles. The molecule has 0 heterocycles. The van der Waals surface area contributed by atoms with Gasteiger partial charge >= 0.3 is 0 Å². The maximum absolute atomic E-state index is 10.0. The predicted molar refractivity (Wildman–Crippen MR) is 67.3 cm³/mol. The predicted octanol–water partition coefficient (Wildman–Crippen LogP) is 3.42. The Morgan fingerprint density at radius 3 is 2.62 bits per heavy atom. The SMILES string of the molecule is CCC1CCC(O)C(Cc2ccccc2)C1. The lowest BCUT2D eigenvalue weighted by molar-refractivity contribution is 0.0475. The molecule has 1 N–H and O–H groups in total. The standard InChI is InChI=1S/C15H22O/c1-2-12-8-9-15(16)14(10-12)11-13-6-4-3-5-7-13/h3-7,12,14-16H,2,8-11H2,1H3. The van der Waals surface area contributed by atoms with E-state index in [2.05, 4.69) is 37.3 Å². The van der Waals surface area contributed by atoms with Crippen molar-refractivity contribution < 1.29 is 5.11 Å². The molecule has 3 atom stereocenters. The number of benzene rings is 1. The summed E-state index contributed by atoms with van der Waals surface area (Å²) >= 11 is 0. The average molecular weight is 218 g/mol. The summed E-state index contributed by atoms with van der Waals surface area (Å²) in [5.41, 5.74) is 1.36. The van der Waals surface area contributed by atoms with Gasteiger partial charge in [-0.3, -0.25) is 0 Å². The van der Waals surface area contributed by atoms with E-state index in [1.165, 1.54) is 24.8 Å². The van der Waals surface area contributed by atoms with Gasteiger partial charge in [0, 0.05) is 0 Å². The van der Waals surface area contributed by atoms with E-state index >= 15 is 0 Å². The van der Waals surface area contributed by atoms with Crippen LogP contribution >= 0.6 is 0 Å². The number of rotatable bonds is 3. The lowest BCUT2D eigenvalue weighted by atomic mass is 9.76. The summed E-state index contributed by atoms with van der Waals surface area (Å²) in [5.74, 6) is 1.30. The van der Waals surface area contributed by atoms with Gasteiger partial charge in [0.05, 0.1) is 6.10 Å². The second-order valence-electron chi connectivity index (χ2n) is 5.10. The molecule has 0 aromatic heterocycles. The Labute approximate surface area is 98.5 Å². The third-order valence-electron chi connectivity index (χ3n) is 3.97. The van der Waals surface area contributed by atoms with E-state index in [0.29, 0.717) is 5.92 Å². The molecule has 3 unspecified atom stereocenters. The van der Waals surface area contributed by atoms with Crippen molar-refractivity contribution in [3.05, 3.63) is 35.9 Å². The molecule has 0 bridgehead atoms. The van der Waals surface area contributed by atoms with Gasteiger partial charge in [0.1, 0.15) is 0 Å². The monoisotopic (exact) mass is 218 g/mol. The molecule has 0 radical (unpaired) electrons. The molecule has 1 heteroatoms. The summed E-state index contributed by atoms with van der Waals surface area (Å²) in [6.07, 6.45) is 5.63. The Bertz CT molecular complexity index is 306. The quantitative estimate of drug-likeness (QED) is 0.824. The zero-order valence-corrected chi connectivity index (χ0v) is 10.1. The fraction of sp³-hybridized carbons (Fsp3) is 0.600. The van der Waals surface area contributed by atoms with Crippen molar-refractivity contribution in [3.8, 4) is 0 Å². The van der Waals surface area contributed by atoms with Crippen molar-refractivity contribution in [2.45, 2.75) is 45.1 Å². The minimum absolute atomic E-state index is 0.0805. The van der Waals surface area contributed by atoms with Gasteiger partial charge in [0.2, 0.25) is 0 Å². The molecule has 16 heavy (non-hydrogen) atoms. The first kappa shape index (κ1) is 11.7. The fourth-order valence-electron chi connectivity index (χ4n) is 2.85. The van der Waals surface area contributed by atoms with E-state index in [1.807, 2.05) is 0 Å². The van der Waals surface area contributed by atoms with Gasteiger partial charge in [-0.1, -0.05) is 43.7 Å². The van der Waals surface area contributed by atoms with Gasteiger partial charge in [0.15, 0.2) is 0 Å². The molecule has 0 aliphatic heterocycles. The topological polar surface area (TPSA) is 20.2 Å². The van der Waals surface area contributed by atoms with Crippen LogP contribution < -0.4 is 0 Å². The van der Waals surface area contributed by atoms with Gasteiger partial charge in [0.25, 0.3) is 0 Å². The lowest BCUT2D eigenvalue weighted by Crippen LogP contribution is -2.30. The van der Waals surface area contributed by atoms with Crippen LogP contribution in [0.3, 0.4) is 0 Å². The highest BCUT2D eigenvalue weighted by Crippen LogP contribution is 2.33. The number of aliphatic hydroxyl groups excluding tert-OH is 1. The van der Waals surface area contributed by atoms with Crippen LogP contribution in [0.25, 0.3) is 0 Å². The van der Waals surface area contributed by atoms with Crippen LogP contribution in [-0.4, -0.2) is 11.2 Å². The van der Waals surface area contributed by atoms with Crippen molar-refractivity contribution in [3.63, 3.8) is 0 Å². The van der Waals surface area contributed by atoms with Crippen molar-refractivity contribution in [2.75, 3.05) is 0 Å². The largest absolute Gasteiger partial charge is 0.393 e. The molecule has 1 aromatic rings. The number of hydrogen-bond acceptors (Lipinski definition) is 1. The third kappa shape index (κ3) is 2.85. The molecule has 1 saturated carbocycles. The minimum Gasteiger partial charge on any atom is -0.393 e. The molecule has 1 aliphatic rings. The Morgan fingerprint density at radius 1 is 1.19 bits per heavy atom. The Kier molecular flexibility index (Phi) is 4.00. The zero-order chi connectivity index (χ0) is 11.4. The van der Waals surface area contributed by atoms with Crippen LogP contribution in [0.15, 0.2) is 30.3 Å². The van der Waals surface area contributed by atoms with Crippen LogP contribution in [0.5, 0.6) is 0 Å². The highest BCUT2D eigenvalue weighted by molar-refractivity contribution is 5.15. The van der Waals surface area contributed by atoms with Crippen LogP contribution in [0.4, 0.5) is 0 Å². The number of hydrogen-bond donors (Lipinski definition) is 1. The summed E-state index contributed by atoms with van der Waals surface area (Å²) in [5, 5.41) is 10.0. The van der Waals surface area contributed by atoms with E-state index in [1.54, 1.807) is 0 Å². The van der Waals surface area contributed by atoms with E-state index in [0.717, 1.165) is 18.8 Å². The van der Waals surface area contributed by atoms with Gasteiger partial charge in [-0.2, -0.15) is 0 Å². The van der Waals surface area contributed by atoms with Gasteiger partial charge in [-0.15, -0.1) is 0 Å². The molecule has 88 valence electrons. The highest BCUT2D eigenvalue weighted by Gasteiger charge is 2.28. The first-order valence-corrected chi connectivity index (χ1v) is 6.51. The Morgan fingerprint density at radius 2 is 1.94 bits per heavy atom. The summed E-state index contributed by atoms with van der Waals surface area (Å²) in [4.78, 5) is 0. The van der Waals surface area contributed by atoms with E-state index < -0.39 is 0 Å². The summed E-state index contributed by atoms with van der Waals surface area (Å²) in [6, 6.07) is 10.6. The first-order chi connectivity index (χ1) is 7.79. The van der Waals surface area contributed by atoms with Crippen molar-refractivity contribution >= 4 is 0 Å². The average Bonchev–Trinajstić information content (AvgIpc) is 2.33. The Hall–Kier alpha value is -0.820. The summed E-state index contributed by atoms with van der Waals surface area (Å²) < 4.78 is 0. The zero-order valence-electron chi connectivity index (χ0n) is 10.1. The van der Waals surface area contributed by atoms with Gasteiger partial charge in [-0.25, -0.2) is 0 Å². The molecule has 2 rings (SSSR count). The molecule has 1 aromatic carbocycles. The third-order valence-corrected chi connectivity index (χ3v) is 3.97.